The minimum absolute atomic E-state index is 0.772. The van der Waals surface area contributed by atoms with E-state index in [4.69, 9.17) is 17.7 Å². The van der Waals surface area contributed by atoms with Gasteiger partial charge in [-0.15, -0.1) is 0 Å². The Morgan fingerprint density at radius 2 is 0.646 bits per heavy atom. The van der Waals surface area contributed by atoms with Crippen molar-refractivity contribution in [1.29, 1.82) is 0 Å². The molecule has 0 unspecified atom stereocenters. The first kappa shape index (κ1) is 26.9. The number of rotatable bonds is 4. The van der Waals surface area contributed by atoms with Gasteiger partial charge in [0.25, 0.3) is 0 Å². The highest BCUT2D eigenvalue weighted by Crippen LogP contribution is 2.40. The van der Waals surface area contributed by atoms with Crippen LogP contribution in [-0.2, 0) is 0 Å². The SMILES string of the molecule is Cc1ccc(-c2ccc3oc4c5cc(/C=C/c6ccc7oc8c9cc(-c%10ccc(C)cc%10)ccc9oc8c7c6)ccc5oc4c3c2)cc1. The van der Waals surface area contributed by atoms with Crippen molar-refractivity contribution in [2.24, 2.45) is 0 Å². The lowest BCUT2D eigenvalue weighted by Gasteiger charge is -2.02. The molecule has 0 N–H and O–H groups in total. The summed E-state index contributed by atoms with van der Waals surface area (Å²) in [6.45, 7) is 4.20. The molecule has 4 heteroatoms. The van der Waals surface area contributed by atoms with Crippen LogP contribution in [0.4, 0.5) is 0 Å². The monoisotopic (exact) mass is 620 g/mol. The van der Waals surface area contributed by atoms with Gasteiger partial charge in [0.05, 0.1) is 21.5 Å². The molecule has 4 heterocycles. The van der Waals surface area contributed by atoms with Crippen molar-refractivity contribution in [2.45, 2.75) is 13.8 Å². The van der Waals surface area contributed by atoms with E-state index in [2.05, 4.69) is 123 Å². The van der Waals surface area contributed by atoms with E-state index in [0.29, 0.717) is 0 Å². The van der Waals surface area contributed by atoms with Crippen LogP contribution in [0.3, 0.4) is 0 Å². The lowest BCUT2D eigenvalue weighted by Crippen LogP contribution is -1.78. The van der Waals surface area contributed by atoms with Crippen LogP contribution >= 0.6 is 0 Å². The van der Waals surface area contributed by atoms with Gasteiger partial charge in [0.15, 0.2) is 22.3 Å². The average Bonchev–Trinajstić information content (AvgIpc) is 3.85. The van der Waals surface area contributed by atoms with E-state index in [1.54, 1.807) is 0 Å². The third-order valence-electron chi connectivity index (χ3n) is 9.44. The molecule has 0 atom stereocenters. The molecule has 0 spiro atoms. The molecule has 0 amide bonds. The standard InChI is InChI=1S/C44H28O4/c1-25-3-11-29(12-4-25)31-15-19-39-35(23-31)43-41(47-39)33-21-27(9-17-37(33)45-43)7-8-28-10-18-38-34(22-28)42-44(46-38)36-24-32(16-20-40(36)48-42)30-13-5-26(2)6-14-30/h3-24H,1-2H3/b8-7+. The fourth-order valence-electron chi connectivity index (χ4n) is 6.81. The van der Waals surface area contributed by atoms with E-state index in [9.17, 15) is 0 Å². The third-order valence-corrected chi connectivity index (χ3v) is 9.44. The predicted molar refractivity (Wildman–Crippen MR) is 196 cm³/mol. The fourth-order valence-corrected chi connectivity index (χ4v) is 6.81. The number of benzene rings is 6. The molecule has 10 rings (SSSR count). The highest BCUT2D eigenvalue weighted by atomic mass is 16.4. The van der Waals surface area contributed by atoms with E-state index >= 15 is 0 Å². The van der Waals surface area contributed by atoms with Crippen molar-refractivity contribution in [3.63, 3.8) is 0 Å². The number of fused-ring (bicyclic) bond motifs is 10. The van der Waals surface area contributed by atoms with Gasteiger partial charge in [0, 0.05) is 0 Å². The molecule has 0 fully saturated rings. The second-order valence-corrected chi connectivity index (χ2v) is 12.7. The molecule has 228 valence electrons. The van der Waals surface area contributed by atoms with Crippen LogP contribution in [-0.4, -0.2) is 0 Å². The van der Waals surface area contributed by atoms with Crippen molar-refractivity contribution >= 4 is 78.4 Å². The summed E-state index contributed by atoms with van der Waals surface area (Å²) in [4.78, 5) is 0. The lowest BCUT2D eigenvalue weighted by atomic mass is 10.0. The molecular weight excluding hydrogens is 592 g/mol. The first-order chi connectivity index (χ1) is 23.5. The lowest BCUT2D eigenvalue weighted by molar-refractivity contribution is 0.653. The van der Waals surface area contributed by atoms with E-state index in [-0.39, 0.29) is 0 Å². The Labute approximate surface area is 275 Å². The Bertz CT molecular complexity index is 2690. The maximum Gasteiger partial charge on any atom is 0.181 e. The van der Waals surface area contributed by atoms with Crippen molar-refractivity contribution in [3.8, 4) is 22.3 Å². The highest BCUT2D eigenvalue weighted by molar-refractivity contribution is 6.15. The zero-order valence-electron chi connectivity index (χ0n) is 26.3. The van der Waals surface area contributed by atoms with Crippen molar-refractivity contribution < 1.29 is 17.7 Å². The normalized spacial score (nSPS) is 12.3. The van der Waals surface area contributed by atoms with Gasteiger partial charge in [0.2, 0.25) is 0 Å². The number of furan rings is 4. The number of hydrogen-bond acceptors (Lipinski definition) is 4. The van der Waals surface area contributed by atoms with Gasteiger partial charge in [-0.2, -0.15) is 0 Å². The minimum Gasteiger partial charge on any atom is -0.452 e. The molecule has 0 saturated heterocycles. The minimum atomic E-state index is 0.772. The summed E-state index contributed by atoms with van der Waals surface area (Å²) in [5, 5.41) is 3.88. The highest BCUT2D eigenvalue weighted by Gasteiger charge is 2.18. The molecule has 0 bridgehead atoms. The predicted octanol–water partition coefficient (Wildman–Crippen LogP) is 13.1. The fraction of sp³-hybridized carbons (Fsp3) is 0.0455. The quantitative estimate of drug-likeness (QED) is 0.184. The summed E-state index contributed by atoms with van der Waals surface area (Å²) in [5.74, 6) is 0. The van der Waals surface area contributed by atoms with E-state index in [1.165, 1.54) is 22.3 Å². The smallest absolute Gasteiger partial charge is 0.181 e. The molecule has 4 aromatic heterocycles. The Hall–Kier alpha value is -6.26. The summed E-state index contributed by atoms with van der Waals surface area (Å²) in [6, 6.07) is 42.1. The second-order valence-electron chi connectivity index (χ2n) is 12.7. The summed E-state index contributed by atoms with van der Waals surface area (Å²) in [7, 11) is 0. The van der Waals surface area contributed by atoms with Crippen molar-refractivity contribution in [3.05, 3.63) is 144 Å². The third kappa shape index (κ3) is 4.23. The molecule has 0 radical (unpaired) electrons. The van der Waals surface area contributed by atoms with Crippen LogP contribution < -0.4 is 0 Å². The van der Waals surface area contributed by atoms with Gasteiger partial charge < -0.3 is 17.7 Å². The van der Waals surface area contributed by atoms with Gasteiger partial charge in [-0.3, -0.25) is 0 Å². The molecule has 0 saturated carbocycles. The van der Waals surface area contributed by atoms with Gasteiger partial charge >= 0.3 is 0 Å². The van der Waals surface area contributed by atoms with Crippen LogP contribution in [0.25, 0.3) is 101 Å². The van der Waals surface area contributed by atoms with Gasteiger partial charge in [-0.05, 0) is 95.8 Å². The van der Waals surface area contributed by atoms with Crippen LogP contribution in [0.15, 0.2) is 139 Å². The number of aryl methyl sites for hydroxylation is 2. The molecule has 10 aromatic rings. The Kier molecular flexibility index (Phi) is 5.67. The van der Waals surface area contributed by atoms with Crippen LogP contribution in [0, 0.1) is 13.8 Å². The molecule has 48 heavy (non-hydrogen) atoms. The molecule has 4 nitrogen and oxygen atoms in total. The van der Waals surface area contributed by atoms with Crippen LogP contribution in [0.1, 0.15) is 22.3 Å². The van der Waals surface area contributed by atoms with E-state index in [1.807, 2.05) is 24.3 Å². The average molecular weight is 621 g/mol. The summed E-state index contributed by atoms with van der Waals surface area (Å²) >= 11 is 0. The summed E-state index contributed by atoms with van der Waals surface area (Å²) < 4.78 is 25.3. The molecule has 0 aliphatic rings. The van der Waals surface area contributed by atoms with Crippen LogP contribution in [0.2, 0.25) is 0 Å². The zero-order valence-corrected chi connectivity index (χ0v) is 26.3. The summed E-state index contributed by atoms with van der Waals surface area (Å²) in [6.07, 6.45) is 4.22. The maximum atomic E-state index is 6.34. The number of hydrogen-bond donors (Lipinski definition) is 0. The largest absolute Gasteiger partial charge is 0.452 e. The molecular formula is C44H28O4. The second kappa shape index (κ2) is 10.1. The van der Waals surface area contributed by atoms with E-state index < -0.39 is 0 Å². The van der Waals surface area contributed by atoms with Gasteiger partial charge in [-0.1, -0.05) is 96.1 Å². The Balaban J connectivity index is 0.996. The molecule has 0 aliphatic heterocycles. The molecule has 0 aliphatic carbocycles. The first-order valence-corrected chi connectivity index (χ1v) is 16.1. The maximum absolute atomic E-state index is 6.34. The van der Waals surface area contributed by atoms with E-state index in [0.717, 1.165) is 88.5 Å². The topological polar surface area (TPSA) is 52.6 Å². The Morgan fingerprint density at radius 3 is 1.02 bits per heavy atom. The van der Waals surface area contributed by atoms with Crippen molar-refractivity contribution in [1.82, 2.24) is 0 Å². The van der Waals surface area contributed by atoms with Crippen LogP contribution in [0.5, 0.6) is 0 Å². The van der Waals surface area contributed by atoms with Gasteiger partial charge in [0.1, 0.15) is 22.3 Å². The van der Waals surface area contributed by atoms with Crippen molar-refractivity contribution in [2.75, 3.05) is 0 Å². The zero-order chi connectivity index (χ0) is 31.9. The summed E-state index contributed by atoms with van der Waals surface area (Å²) in [5.41, 5.74) is 15.5. The van der Waals surface area contributed by atoms with Gasteiger partial charge in [-0.25, -0.2) is 0 Å². The molecule has 6 aromatic carbocycles. The Morgan fingerprint density at radius 1 is 0.333 bits per heavy atom. The first-order valence-electron chi connectivity index (χ1n) is 16.1.